The highest BCUT2D eigenvalue weighted by atomic mass is 16.5. The van der Waals surface area contributed by atoms with Crippen LogP contribution in [-0.4, -0.2) is 58.3 Å². The van der Waals surface area contributed by atoms with Crippen LogP contribution in [0, 0.1) is 0 Å². The number of carboxylic acids is 2. The smallest absolute Gasteiger partial charge is 0.329 e. The summed E-state index contributed by atoms with van der Waals surface area (Å²) in [5.74, 6) is -2.34. The third-order valence-corrected chi connectivity index (χ3v) is 1.10. The largest absolute Gasteiger partial charge is 0.480 e. The molecular formula is C9H16O7. The first-order valence-electron chi connectivity index (χ1n) is 4.35. The molecule has 0 fully saturated rings. The number of carboxylic acid groups (broad SMARTS) is 2. The van der Waals surface area contributed by atoms with E-state index in [2.05, 4.69) is 11.3 Å². The van der Waals surface area contributed by atoms with Gasteiger partial charge in [0.25, 0.3) is 0 Å². The molecule has 0 saturated heterocycles. The molecule has 0 aromatic carbocycles. The summed E-state index contributed by atoms with van der Waals surface area (Å²) < 4.78 is 4.16. The number of hydrogen-bond acceptors (Lipinski definition) is 5. The van der Waals surface area contributed by atoms with Crippen LogP contribution >= 0.6 is 0 Å². The first kappa shape index (κ1) is 17.0. The van der Waals surface area contributed by atoms with E-state index in [1.165, 1.54) is 0 Å². The van der Waals surface area contributed by atoms with Gasteiger partial charge in [0.2, 0.25) is 0 Å². The molecule has 0 aromatic rings. The Bertz CT molecular complexity index is 200. The van der Waals surface area contributed by atoms with Gasteiger partial charge in [-0.3, -0.25) is 0 Å². The highest BCUT2D eigenvalue weighted by molar-refractivity contribution is 5.70. The Kier molecular flexibility index (Phi) is 12.3. The minimum atomic E-state index is -1.17. The van der Waals surface area contributed by atoms with Gasteiger partial charge in [0.1, 0.15) is 13.2 Å². The van der Waals surface area contributed by atoms with Crippen molar-refractivity contribution in [2.24, 2.45) is 0 Å². The van der Waals surface area contributed by atoms with Crippen LogP contribution in [0.4, 0.5) is 0 Å². The number of aliphatic hydroxyl groups is 2. The standard InChI is InChI=1S/C5H10O2.C4H6O5/c1-2-3-5(7)4-6;5-3(6)1-9-2-4(7)8/h2,5-7H,1,3-4H2;1-2H2,(H,5,6)(H,7,8). The van der Waals surface area contributed by atoms with Gasteiger partial charge >= 0.3 is 11.9 Å². The van der Waals surface area contributed by atoms with Crippen molar-refractivity contribution in [1.29, 1.82) is 0 Å². The van der Waals surface area contributed by atoms with Crippen molar-refractivity contribution in [3.63, 3.8) is 0 Å². The van der Waals surface area contributed by atoms with E-state index >= 15 is 0 Å². The average molecular weight is 236 g/mol. The number of aliphatic carboxylic acids is 2. The van der Waals surface area contributed by atoms with Gasteiger partial charge in [-0.15, -0.1) is 6.58 Å². The van der Waals surface area contributed by atoms with Crippen LogP contribution < -0.4 is 0 Å². The van der Waals surface area contributed by atoms with Crippen LogP contribution in [0.5, 0.6) is 0 Å². The molecule has 0 heterocycles. The fraction of sp³-hybridized carbons (Fsp3) is 0.556. The Morgan fingerprint density at radius 1 is 1.25 bits per heavy atom. The summed E-state index contributed by atoms with van der Waals surface area (Å²) in [5.41, 5.74) is 0. The molecule has 1 atom stereocenters. The lowest BCUT2D eigenvalue weighted by Gasteiger charge is -1.98. The Balaban J connectivity index is 0. The maximum atomic E-state index is 9.66. The molecule has 0 aliphatic rings. The van der Waals surface area contributed by atoms with Crippen molar-refractivity contribution in [1.82, 2.24) is 0 Å². The zero-order chi connectivity index (χ0) is 13.0. The van der Waals surface area contributed by atoms with E-state index < -0.39 is 31.3 Å². The topological polar surface area (TPSA) is 124 Å². The number of rotatable bonds is 7. The lowest BCUT2D eigenvalue weighted by Crippen LogP contribution is -2.13. The highest BCUT2D eigenvalue weighted by Crippen LogP contribution is 1.87. The van der Waals surface area contributed by atoms with Gasteiger partial charge in [0.15, 0.2) is 0 Å². The van der Waals surface area contributed by atoms with Crippen LogP contribution in [-0.2, 0) is 14.3 Å². The van der Waals surface area contributed by atoms with Crippen molar-refractivity contribution >= 4 is 11.9 Å². The molecule has 7 nitrogen and oxygen atoms in total. The lowest BCUT2D eigenvalue weighted by atomic mass is 10.3. The molecule has 0 aromatic heterocycles. The molecule has 0 amide bonds. The van der Waals surface area contributed by atoms with Crippen LogP contribution in [0.3, 0.4) is 0 Å². The summed E-state index contributed by atoms with van der Waals surface area (Å²) in [6, 6.07) is 0. The molecule has 0 aliphatic heterocycles. The molecule has 7 heteroatoms. The maximum absolute atomic E-state index is 9.66. The third-order valence-electron chi connectivity index (χ3n) is 1.10. The zero-order valence-electron chi connectivity index (χ0n) is 8.70. The van der Waals surface area contributed by atoms with Crippen LogP contribution in [0.1, 0.15) is 6.42 Å². The normalized spacial score (nSPS) is 10.9. The molecule has 4 N–H and O–H groups in total. The Morgan fingerprint density at radius 3 is 1.88 bits per heavy atom. The maximum Gasteiger partial charge on any atom is 0.329 e. The molecular weight excluding hydrogens is 220 g/mol. The van der Waals surface area contributed by atoms with E-state index in [-0.39, 0.29) is 6.61 Å². The van der Waals surface area contributed by atoms with E-state index in [0.717, 1.165) is 0 Å². The predicted octanol–water partition coefficient (Wildman–Crippen LogP) is -0.912. The zero-order valence-corrected chi connectivity index (χ0v) is 8.70. The second-order valence-electron chi connectivity index (χ2n) is 2.64. The second-order valence-corrected chi connectivity index (χ2v) is 2.64. The van der Waals surface area contributed by atoms with Crippen molar-refractivity contribution in [3.8, 4) is 0 Å². The van der Waals surface area contributed by atoms with Crippen molar-refractivity contribution in [2.45, 2.75) is 12.5 Å². The number of hydrogen-bond donors (Lipinski definition) is 4. The first-order chi connectivity index (χ1) is 7.43. The fourth-order valence-corrected chi connectivity index (χ4v) is 0.493. The summed E-state index contributed by atoms with van der Waals surface area (Å²) >= 11 is 0. The van der Waals surface area contributed by atoms with Gasteiger partial charge in [-0.05, 0) is 6.42 Å². The Hall–Kier alpha value is -1.44. The van der Waals surface area contributed by atoms with Gasteiger partial charge in [-0.2, -0.15) is 0 Å². The highest BCUT2D eigenvalue weighted by Gasteiger charge is 1.99. The van der Waals surface area contributed by atoms with Gasteiger partial charge < -0.3 is 25.2 Å². The van der Waals surface area contributed by atoms with Crippen molar-refractivity contribution < 1.29 is 34.8 Å². The predicted molar refractivity (Wildman–Crippen MR) is 54.0 cm³/mol. The SMILES string of the molecule is C=CCC(O)CO.O=C(O)COCC(=O)O. The van der Waals surface area contributed by atoms with E-state index in [0.29, 0.717) is 6.42 Å². The quantitative estimate of drug-likeness (QED) is 0.421. The van der Waals surface area contributed by atoms with Crippen LogP contribution in [0.15, 0.2) is 12.7 Å². The number of aliphatic hydroxyl groups excluding tert-OH is 2. The first-order valence-corrected chi connectivity index (χ1v) is 4.35. The summed E-state index contributed by atoms with van der Waals surface area (Å²) in [5, 5.41) is 32.5. The Morgan fingerprint density at radius 2 is 1.69 bits per heavy atom. The van der Waals surface area contributed by atoms with Gasteiger partial charge in [0, 0.05) is 0 Å². The summed E-state index contributed by atoms with van der Waals surface area (Å²) in [7, 11) is 0. The van der Waals surface area contributed by atoms with Crippen LogP contribution in [0.2, 0.25) is 0 Å². The third kappa shape index (κ3) is 18.4. The van der Waals surface area contributed by atoms with Crippen molar-refractivity contribution in [3.05, 3.63) is 12.7 Å². The minimum absolute atomic E-state index is 0.175. The molecule has 0 rings (SSSR count). The van der Waals surface area contributed by atoms with Gasteiger partial charge in [-0.1, -0.05) is 6.08 Å². The molecule has 0 saturated carbocycles. The van der Waals surface area contributed by atoms with E-state index in [4.69, 9.17) is 20.4 Å². The Labute approximate surface area is 92.6 Å². The number of carbonyl (C=O) groups is 2. The summed E-state index contributed by atoms with van der Waals surface area (Å²) in [6.07, 6.45) is 1.43. The lowest BCUT2D eigenvalue weighted by molar-refractivity contribution is -0.148. The second kappa shape index (κ2) is 11.6. The molecule has 16 heavy (non-hydrogen) atoms. The molecule has 94 valence electrons. The van der Waals surface area contributed by atoms with E-state index in [1.807, 2.05) is 0 Å². The van der Waals surface area contributed by atoms with Gasteiger partial charge in [0.05, 0.1) is 12.7 Å². The minimum Gasteiger partial charge on any atom is -0.480 e. The number of ether oxygens (including phenoxy) is 1. The monoisotopic (exact) mass is 236 g/mol. The average Bonchev–Trinajstić information content (AvgIpc) is 2.18. The van der Waals surface area contributed by atoms with E-state index in [1.54, 1.807) is 6.08 Å². The van der Waals surface area contributed by atoms with Crippen molar-refractivity contribution in [2.75, 3.05) is 19.8 Å². The van der Waals surface area contributed by atoms with Crippen LogP contribution in [0.25, 0.3) is 0 Å². The molecule has 1 unspecified atom stereocenters. The summed E-state index contributed by atoms with van der Waals surface area (Å²) in [6.45, 7) is 2.08. The summed E-state index contributed by atoms with van der Waals surface area (Å²) in [4.78, 5) is 19.3. The fourth-order valence-electron chi connectivity index (χ4n) is 0.493. The van der Waals surface area contributed by atoms with Gasteiger partial charge in [-0.25, -0.2) is 9.59 Å². The molecule has 0 spiro atoms. The van der Waals surface area contributed by atoms with E-state index in [9.17, 15) is 9.59 Å². The molecule has 0 aliphatic carbocycles. The molecule has 0 bridgehead atoms. The molecule has 0 radical (unpaired) electrons.